The molecule has 0 radical (unpaired) electrons. The summed E-state index contributed by atoms with van der Waals surface area (Å²) in [6, 6.07) is 0. The third kappa shape index (κ3) is 2.80. The molecule has 0 aromatic carbocycles. The summed E-state index contributed by atoms with van der Waals surface area (Å²) in [5.41, 5.74) is 0. The summed E-state index contributed by atoms with van der Waals surface area (Å²) >= 11 is 0. The molecule has 0 saturated heterocycles. The summed E-state index contributed by atoms with van der Waals surface area (Å²) in [6.07, 6.45) is 3.73. The maximum Gasteiger partial charge on any atom is 0.161 e. The third-order valence-corrected chi connectivity index (χ3v) is 3.10. The van der Waals surface area contributed by atoms with Crippen LogP contribution in [-0.2, 0) is 9.53 Å². The molecule has 0 heterocycles. The maximum atomic E-state index is 11.5. The Hall–Kier alpha value is -0.370. The maximum absolute atomic E-state index is 11.5. The van der Waals surface area contributed by atoms with Gasteiger partial charge in [-0.15, -0.1) is 0 Å². The molecule has 0 aromatic rings. The van der Waals surface area contributed by atoms with E-state index in [1.165, 1.54) is 6.42 Å². The van der Waals surface area contributed by atoms with Gasteiger partial charge in [-0.3, -0.25) is 4.79 Å². The van der Waals surface area contributed by atoms with Gasteiger partial charge in [-0.1, -0.05) is 13.8 Å². The molecule has 13 heavy (non-hydrogen) atoms. The van der Waals surface area contributed by atoms with Crippen LogP contribution >= 0.6 is 0 Å². The van der Waals surface area contributed by atoms with Crippen molar-refractivity contribution < 1.29 is 9.53 Å². The molecule has 0 N–H and O–H groups in total. The summed E-state index contributed by atoms with van der Waals surface area (Å²) in [7, 11) is 1.64. The first-order chi connectivity index (χ1) is 6.15. The summed E-state index contributed by atoms with van der Waals surface area (Å²) in [6.45, 7) is 4.46. The van der Waals surface area contributed by atoms with Crippen LogP contribution in [0.25, 0.3) is 0 Å². The van der Waals surface area contributed by atoms with Crippen molar-refractivity contribution in [3.63, 3.8) is 0 Å². The van der Waals surface area contributed by atoms with Crippen LogP contribution in [0.1, 0.15) is 39.5 Å². The van der Waals surface area contributed by atoms with Gasteiger partial charge in [0.2, 0.25) is 0 Å². The number of hydrogen-bond acceptors (Lipinski definition) is 2. The SMILES string of the molecule is COC1CC(C(C)C)CCCC1=O. The largest absolute Gasteiger partial charge is 0.374 e. The Morgan fingerprint density at radius 2 is 2.15 bits per heavy atom. The summed E-state index contributed by atoms with van der Waals surface area (Å²) in [5.74, 6) is 1.63. The quantitative estimate of drug-likeness (QED) is 0.616. The van der Waals surface area contributed by atoms with Crippen LogP contribution in [0, 0.1) is 11.8 Å². The fourth-order valence-electron chi connectivity index (χ4n) is 2.06. The van der Waals surface area contributed by atoms with E-state index in [0.717, 1.165) is 12.8 Å². The number of hydrogen-bond donors (Lipinski definition) is 0. The van der Waals surface area contributed by atoms with Gasteiger partial charge in [-0.05, 0) is 31.1 Å². The zero-order valence-corrected chi connectivity index (χ0v) is 8.88. The van der Waals surface area contributed by atoms with Crippen LogP contribution in [0.15, 0.2) is 0 Å². The Morgan fingerprint density at radius 3 is 2.69 bits per heavy atom. The second kappa shape index (κ2) is 4.75. The fourth-order valence-corrected chi connectivity index (χ4v) is 2.06. The molecule has 0 spiro atoms. The number of methoxy groups -OCH3 is 1. The van der Waals surface area contributed by atoms with Crippen LogP contribution in [-0.4, -0.2) is 19.0 Å². The monoisotopic (exact) mass is 184 g/mol. The van der Waals surface area contributed by atoms with Crippen molar-refractivity contribution in [1.29, 1.82) is 0 Å². The number of ketones is 1. The van der Waals surface area contributed by atoms with Crippen molar-refractivity contribution in [3.05, 3.63) is 0 Å². The molecule has 1 aliphatic rings. The van der Waals surface area contributed by atoms with Crippen LogP contribution in [0.2, 0.25) is 0 Å². The molecule has 0 amide bonds. The molecule has 0 bridgehead atoms. The standard InChI is InChI=1S/C11H20O2/c1-8(2)9-5-4-6-10(12)11(7-9)13-3/h8-9,11H,4-7H2,1-3H3. The van der Waals surface area contributed by atoms with E-state index >= 15 is 0 Å². The van der Waals surface area contributed by atoms with E-state index in [4.69, 9.17) is 4.74 Å². The number of rotatable bonds is 2. The van der Waals surface area contributed by atoms with Crippen molar-refractivity contribution in [2.24, 2.45) is 11.8 Å². The van der Waals surface area contributed by atoms with Gasteiger partial charge in [0.1, 0.15) is 6.10 Å². The predicted molar refractivity (Wildman–Crippen MR) is 52.6 cm³/mol. The molecule has 1 rings (SSSR count). The van der Waals surface area contributed by atoms with Gasteiger partial charge in [-0.2, -0.15) is 0 Å². The average molecular weight is 184 g/mol. The Labute approximate surface area is 80.7 Å². The molecule has 2 heteroatoms. The summed E-state index contributed by atoms with van der Waals surface area (Å²) < 4.78 is 5.21. The van der Waals surface area contributed by atoms with Crippen LogP contribution < -0.4 is 0 Å². The van der Waals surface area contributed by atoms with Gasteiger partial charge in [0.25, 0.3) is 0 Å². The molecular formula is C11H20O2. The van der Waals surface area contributed by atoms with Crippen molar-refractivity contribution in [1.82, 2.24) is 0 Å². The Bertz CT molecular complexity index is 175. The molecule has 0 aromatic heterocycles. The van der Waals surface area contributed by atoms with Crippen molar-refractivity contribution >= 4 is 5.78 Å². The van der Waals surface area contributed by atoms with Crippen molar-refractivity contribution in [2.75, 3.05) is 7.11 Å². The lowest BCUT2D eigenvalue weighted by atomic mass is 9.88. The molecule has 1 aliphatic carbocycles. The first-order valence-electron chi connectivity index (χ1n) is 5.20. The molecule has 1 saturated carbocycles. The number of carbonyl (C=O) groups is 1. The minimum absolute atomic E-state index is 0.130. The van der Waals surface area contributed by atoms with E-state index < -0.39 is 0 Å². The highest BCUT2D eigenvalue weighted by Gasteiger charge is 2.27. The minimum atomic E-state index is -0.130. The number of Topliss-reactive ketones (excluding diaryl/α,β-unsaturated/α-hetero) is 1. The minimum Gasteiger partial charge on any atom is -0.374 e. The molecule has 0 aliphatic heterocycles. The number of carbonyl (C=O) groups excluding carboxylic acids is 1. The first kappa shape index (κ1) is 10.7. The fraction of sp³-hybridized carbons (Fsp3) is 0.909. The molecule has 2 unspecified atom stereocenters. The predicted octanol–water partition coefficient (Wildman–Crippen LogP) is 2.42. The highest BCUT2D eigenvalue weighted by Crippen LogP contribution is 2.28. The van der Waals surface area contributed by atoms with Crippen molar-refractivity contribution in [2.45, 2.75) is 45.6 Å². The average Bonchev–Trinajstić information content (AvgIpc) is 2.27. The van der Waals surface area contributed by atoms with Crippen LogP contribution in [0.3, 0.4) is 0 Å². The Morgan fingerprint density at radius 1 is 1.46 bits per heavy atom. The number of ether oxygens (including phenoxy) is 1. The highest BCUT2D eigenvalue weighted by molar-refractivity contribution is 5.83. The molecular weight excluding hydrogens is 164 g/mol. The van der Waals surface area contributed by atoms with Gasteiger partial charge in [0.05, 0.1) is 0 Å². The summed E-state index contributed by atoms with van der Waals surface area (Å²) in [5, 5.41) is 0. The zero-order chi connectivity index (χ0) is 9.84. The molecule has 1 fully saturated rings. The van der Waals surface area contributed by atoms with Crippen LogP contribution in [0.4, 0.5) is 0 Å². The van der Waals surface area contributed by atoms with Gasteiger partial charge in [0, 0.05) is 13.5 Å². The normalized spacial score (nSPS) is 30.6. The van der Waals surface area contributed by atoms with Gasteiger partial charge in [0.15, 0.2) is 5.78 Å². The molecule has 76 valence electrons. The Balaban J connectivity index is 2.58. The third-order valence-electron chi connectivity index (χ3n) is 3.10. The highest BCUT2D eigenvalue weighted by atomic mass is 16.5. The zero-order valence-electron chi connectivity index (χ0n) is 8.88. The van der Waals surface area contributed by atoms with Gasteiger partial charge in [-0.25, -0.2) is 0 Å². The lowest BCUT2D eigenvalue weighted by Crippen LogP contribution is -2.24. The van der Waals surface area contributed by atoms with E-state index in [1.807, 2.05) is 0 Å². The Kier molecular flexibility index (Phi) is 3.91. The van der Waals surface area contributed by atoms with E-state index in [1.54, 1.807) is 7.11 Å². The van der Waals surface area contributed by atoms with Gasteiger partial charge < -0.3 is 4.74 Å². The van der Waals surface area contributed by atoms with Gasteiger partial charge >= 0.3 is 0 Å². The molecule has 2 nitrogen and oxygen atoms in total. The van der Waals surface area contributed by atoms with Crippen LogP contribution in [0.5, 0.6) is 0 Å². The molecule has 2 atom stereocenters. The second-order valence-corrected chi connectivity index (χ2v) is 4.32. The van der Waals surface area contributed by atoms with E-state index in [0.29, 0.717) is 24.0 Å². The van der Waals surface area contributed by atoms with E-state index in [2.05, 4.69) is 13.8 Å². The second-order valence-electron chi connectivity index (χ2n) is 4.32. The summed E-state index contributed by atoms with van der Waals surface area (Å²) in [4.78, 5) is 11.5. The topological polar surface area (TPSA) is 26.3 Å². The van der Waals surface area contributed by atoms with E-state index in [9.17, 15) is 4.79 Å². The smallest absolute Gasteiger partial charge is 0.161 e. The van der Waals surface area contributed by atoms with Crippen molar-refractivity contribution in [3.8, 4) is 0 Å². The first-order valence-corrected chi connectivity index (χ1v) is 5.20. The lowest BCUT2D eigenvalue weighted by molar-refractivity contribution is -0.129. The lowest BCUT2D eigenvalue weighted by Gasteiger charge is -2.21. The van der Waals surface area contributed by atoms with E-state index in [-0.39, 0.29) is 6.10 Å².